The number of benzene rings is 2. The molecule has 1 N–H and O–H groups in total. The summed E-state index contributed by atoms with van der Waals surface area (Å²) in [6.45, 7) is 6.49. The highest BCUT2D eigenvalue weighted by molar-refractivity contribution is 6.00. The van der Waals surface area contributed by atoms with Crippen molar-refractivity contribution >= 4 is 22.1 Å². The minimum absolute atomic E-state index is 0.149. The Labute approximate surface area is 217 Å². The summed E-state index contributed by atoms with van der Waals surface area (Å²) >= 11 is 0. The van der Waals surface area contributed by atoms with Crippen LogP contribution in [0.25, 0.3) is 22.1 Å². The third-order valence-electron chi connectivity index (χ3n) is 7.39. The van der Waals surface area contributed by atoms with E-state index in [2.05, 4.69) is 41.3 Å². The van der Waals surface area contributed by atoms with Gasteiger partial charge in [-0.1, -0.05) is 23.4 Å². The largest absolute Gasteiger partial charge is 0.508 e. The van der Waals surface area contributed by atoms with Crippen LogP contribution in [0.2, 0.25) is 0 Å². The highest BCUT2D eigenvalue weighted by atomic mass is 19.1. The van der Waals surface area contributed by atoms with E-state index in [-0.39, 0.29) is 12.8 Å². The monoisotopic (exact) mass is 502 g/mol. The number of allylic oxidation sites excluding steroid dienone is 6. The average Bonchev–Trinajstić information content (AvgIpc) is 3.50. The minimum atomic E-state index is -0.265. The zero-order valence-corrected chi connectivity index (χ0v) is 21.7. The second kappa shape index (κ2) is 11.3. The van der Waals surface area contributed by atoms with Crippen molar-refractivity contribution in [3.8, 4) is 5.75 Å². The molecule has 2 heterocycles. The molecule has 1 aromatic heterocycles. The van der Waals surface area contributed by atoms with Crippen molar-refractivity contribution in [2.75, 3.05) is 26.3 Å². The standard InChI is InChI=1S/C31H35FN2O3/c1-21(7-8-22(2)36-27-13-16-34(20-27)15-4-14-32)31-28(24-9-12-30-25(17-24)19-33-37-30)6-3-5-23-18-26(35)10-11-29(23)31/h7-12,17-19,27,35H,3-6,13-16,20H2,1-2H3/b21-7+,22-8+/t27-/m0/s1. The highest BCUT2D eigenvalue weighted by Gasteiger charge is 2.24. The molecule has 2 aromatic carbocycles. The number of aromatic hydroxyl groups is 1. The summed E-state index contributed by atoms with van der Waals surface area (Å²) in [7, 11) is 0. The van der Waals surface area contributed by atoms with E-state index in [1.165, 1.54) is 16.7 Å². The fourth-order valence-corrected chi connectivity index (χ4v) is 5.58. The molecular weight excluding hydrogens is 467 g/mol. The zero-order chi connectivity index (χ0) is 25.8. The second-order valence-electron chi connectivity index (χ2n) is 10.1. The van der Waals surface area contributed by atoms with Gasteiger partial charge in [0.1, 0.15) is 11.9 Å². The number of likely N-dealkylation sites (tertiary alicyclic amines) is 1. The van der Waals surface area contributed by atoms with Crippen LogP contribution >= 0.6 is 0 Å². The van der Waals surface area contributed by atoms with Crippen LogP contribution in [0.3, 0.4) is 0 Å². The number of rotatable bonds is 8. The molecule has 2 aliphatic rings. The van der Waals surface area contributed by atoms with E-state index in [9.17, 15) is 9.50 Å². The number of hydrogen-bond donors (Lipinski definition) is 1. The van der Waals surface area contributed by atoms with Crippen molar-refractivity contribution in [1.29, 1.82) is 0 Å². The fraction of sp³-hybridized carbons (Fsp3) is 0.387. The smallest absolute Gasteiger partial charge is 0.166 e. The lowest BCUT2D eigenvalue weighted by Crippen LogP contribution is -2.24. The van der Waals surface area contributed by atoms with Gasteiger partial charge in [0.15, 0.2) is 5.58 Å². The van der Waals surface area contributed by atoms with Crippen molar-refractivity contribution in [2.24, 2.45) is 0 Å². The molecule has 194 valence electrons. The van der Waals surface area contributed by atoms with E-state index in [1.807, 2.05) is 25.1 Å². The number of aromatic nitrogens is 1. The molecule has 1 saturated heterocycles. The topological polar surface area (TPSA) is 58.7 Å². The van der Waals surface area contributed by atoms with E-state index in [0.29, 0.717) is 12.2 Å². The molecule has 0 bridgehead atoms. The second-order valence-corrected chi connectivity index (χ2v) is 10.1. The average molecular weight is 503 g/mol. The number of hydrogen-bond acceptors (Lipinski definition) is 5. The molecule has 0 saturated carbocycles. The van der Waals surface area contributed by atoms with E-state index in [4.69, 9.17) is 9.26 Å². The summed E-state index contributed by atoms with van der Waals surface area (Å²) in [5, 5.41) is 15.1. The van der Waals surface area contributed by atoms with Crippen molar-refractivity contribution in [1.82, 2.24) is 10.1 Å². The quantitative estimate of drug-likeness (QED) is 0.263. The molecule has 37 heavy (non-hydrogen) atoms. The first-order chi connectivity index (χ1) is 18.0. The van der Waals surface area contributed by atoms with Gasteiger partial charge < -0.3 is 14.4 Å². The summed E-state index contributed by atoms with van der Waals surface area (Å²) in [6.07, 6.45) is 10.5. The predicted octanol–water partition coefficient (Wildman–Crippen LogP) is 7.08. The number of fused-ring (bicyclic) bond motifs is 2. The van der Waals surface area contributed by atoms with Crippen LogP contribution in [0.1, 0.15) is 56.2 Å². The third-order valence-corrected chi connectivity index (χ3v) is 7.39. The lowest BCUT2D eigenvalue weighted by molar-refractivity contribution is 0.121. The van der Waals surface area contributed by atoms with Gasteiger partial charge in [-0.15, -0.1) is 0 Å². The molecular formula is C31H35FN2O3. The van der Waals surface area contributed by atoms with E-state index in [0.717, 1.165) is 78.7 Å². The molecule has 6 heteroatoms. The maximum Gasteiger partial charge on any atom is 0.166 e. The normalized spacial score (nSPS) is 19.4. The van der Waals surface area contributed by atoms with Crippen LogP contribution in [0.15, 0.2) is 70.6 Å². The van der Waals surface area contributed by atoms with Gasteiger partial charge in [-0.05, 0) is 110 Å². The van der Waals surface area contributed by atoms with Crippen LogP contribution in [-0.2, 0) is 11.2 Å². The number of halogens is 1. The Kier molecular flexibility index (Phi) is 7.75. The fourth-order valence-electron chi connectivity index (χ4n) is 5.58. The summed E-state index contributed by atoms with van der Waals surface area (Å²) in [6, 6.07) is 12.0. The number of phenols is 1. The Bertz CT molecular complexity index is 1350. The molecule has 1 aliphatic heterocycles. The van der Waals surface area contributed by atoms with Crippen LogP contribution in [-0.4, -0.2) is 47.6 Å². The minimum Gasteiger partial charge on any atom is -0.508 e. The van der Waals surface area contributed by atoms with Crippen molar-refractivity contribution in [3.63, 3.8) is 0 Å². The SMILES string of the molecule is C/C(=C\C=C(/C)C1=C(c2ccc3oncc3c2)CCCc2cc(O)ccc21)O[C@H]1CCN(CCCF)C1. The van der Waals surface area contributed by atoms with Gasteiger partial charge in [0.05, 0.1) is 18.6 Å². The Hall–Kier alpha value is -3.38. The summed E-state index contributed by atoms with van der Waals surface area (Å²) in [5.41, 5.74) is 7.90. The number of nitrogens with zero attached hydrogens (tertiary/aromatic N) is 2. The molecule has 0 spiro atoms. The van der Waals surface area contributed by atoms with Gasteiger partial charge in [-0.25, -0.2) is 0 Å². The van der Waals surface area contributed by atoms with Crippen LogP contribution < -0.4 is 0 Å². The van der Waals surface area contributed by atoms with Gasteiger partial charge in [0.25, 0.3) is 0 Å². The molecule has 5 rings (SSSR count). The first kappa shape index (κ1) is 25.3. The maximum absolute atomic E-state index is 12.5. The van der Waals surface area contributed by atoms with Crippen LogP contribution in [0.5, 0.6) is 5.75 Å². The van der Waals surface area contributed by atoms with Crippen molar-refractivity contribution in [2.45, 2.75) is 52.1 Å². The Morgan fingerprint density at radius 2 is 2.08 bits per heavy atom. The highest BCUT2D eigenvalue weighted by Crippen LogP contribution is 2.41. The Balaban J connectivity index is 1.47. The first-order valence-corrected chi connectivity index (χ1v) is 13.2. The number of phenolic OH excluding ortho intramolecular Hbond substituents is 1. The van der Waals surface area contributed by atoms with E-state index >= 15 is 0 Å². The molecule has 1 atom stereocenters. The number of ether oxygens (including phenoxy) is 1. The lowest BCUT2D eigenvalue weighted by atomic mass is 9.87. The summed E-state index contributed by atoms with van der Waals surface area (Å²) < 4.78 is 24.1. The summed E-state index contributed by atoms with van der Waals surface area (Å²) in [5.74, 6) is 1.18. The molecule has 1 aliphatic carbocycles. The Morgan fingerprint density at radius 3 is 2.95 bits per heavy atom. The van der Waals surface area contributed by atoms with E-state index in [1.54, 1.807) is 12.3 Å². The summed E-state index contributed by atoms with van der Waals surface area (Å²) in [4.78, 5) is 2.28. The maximum atomic E-state index is 12.5. The van der Waals surface area contributed by atoms with Gasteiger partial charge in [-0.2, -0.15) is 0 Å². The molecule has 0 amide bonds. The molecule has 5 nitrogen and oxygen atoms in total. The molecule has 0 unspecified atom stereocenters. The number of aryl methyl sites for hydroxylation is 1. The van der Waals surface area contributed by atoms with Gasteiger partial charge >= 0.3 is 0 Å². The molecule has 1 fully saturated rings. The molecule has 3 aromatic rings. The Morgan fingerprint density at radius 1 is 1.19 bits per heavy atom. The van der Waals surface area contributed by atoms with Crippen molar-refractivity contribution < 1.29 is 18.8 Å². The predicted molar refractivity (Wildman–Crippen MR) is 146 cm³/mol. The van der Waals surface area contributed by atoms with E-state index < -0.39 is 0 Å². The van der Waals surface area contributed by atoms with Gasteiger partial charge in [-0.3, -0.25) is 9.29 Å². The lowest BCUT2D eigenvalue weighted by Gasteiger charge is -2.18. The number of alkyl halides is 1. The molecule has 0 radical (unpaired) electrons. The van der Waals surface area contributed by atoms with Crippen LogP contribution in [0.4, 0.5) is 4.39 Å². The zero-order valence-electron chi connectivity index (χ0n) is 21.7. The van der Waals surface area contributed by atoms with Gasteiger partial charge in [0.2, 0.25) is 0 Å². The first-order valence-electron chi connectivity index (χ1n) is 13.2. The van der Waals surface area contributed by atoms with Crippen LogP contribution in [0, 0.1) is 0 Å². The van der Waals surface area contributed by atoms with Gasteiger partial charge in [0, 0.05) is 25.0 Å². The third kappa shape index (κ3) is 5.80. The van der Waals surface area contributed by atoms with Crippen molar-refractivity contribution in [3.05, 3.63) is 82.8 Å².